The Morgan fingerprint density at radius 3 is 2.66 bits per heavy atom. The summed E-state index contributed by atoms with van der Waals surface area (Å²) in [6.07, 6.45) is 0.510. The van der Waals surface area contributed by atoms with E-state index in [4.69, 9.17) is 0 Å². The Bertz CT molecular complexity index is 842. The molecule has 2 aliphatic rings. The molecule has 2 saturated heterocycles. The Morgan fingerprint density at radius 2 is 1.97 bits per heavy atom. The number of carbonyl (C=O) groups is 2. The highest BCUT2D eigenvalue weighted by Gasteiger charge is 2.46. The molecule has 1 aromatic heterocycles. The molecule has 0 aliphatic carbocycles. The van der Waals surface area contributed by atoms with E-state index in [1.54, 1.807) is 11.3 Å². The van der Waals surface area contributed by atoms with Crippen molar-refractivity contribution in [1.82, 2.24) is 14.7 Å². The van der Waals surface area contributed by atoms with E-state index in [9.17, 15) is 9.59 Å². The number of nitrogens with zero attached hydrogens (tertiary/aromatic N) is 3. The molecule has 4 rings (SSSR count). The van der Waals surface area contributed by atoms with Gasteiger partial charge in [0.1, 0.15) is 0 Å². The third-order valence-electron chi connectivity index (χ3n) is 5.86. The van der Waals surface area contributed by atoms with Gasteiger partial charge in [0, 0.05) is 63.3 Å². The Labute approximate surface area is 176 Å². The molecule has 0 bridgehead atoms. The van der Waals surface area contributed by atoms with Crippen molar-refractivity contribution in [3.8, 4) is 0 Å². The van der Waals surface area contributed by atoms with E-state index in [0.717, 1.165) is 38.4 Å². The number of hydrogen-bond donors (Lipinski definition) is 1. The summed E-state index contributed by atoms with van der Waals surface area (Å²) in [5, 5.41) is 7.29. The van der Waals surface area contributed by atoms with Crippen LogP contribution >= 0.6 is 11.3 Å². The largest absolute Gasteiger partial charge is 0.342 e. The van der Waals surface area contributed by atoms with Gasteiger partial charge in [0.05, 0.1) is 0 Å². The smallest absolute Gasteiger partial charge is 0.321 e. The fourth-order valence-corrected chi connectivity index (χ4v) is 5.16. The number of anilines is 1. The van der Waals surface area contributed by atoms with Crippen molar-refractivity contribution in [1.29, 1.82) is 0 Å². The number of rotatable bonds is 4. The zero-order valence-corrected chi connectivity index (χ0v) is 17.7. The molecule has 6 nitrogen and oxygen atoms in total. The van der Waals surface area contributed by atoms with E-state index in [-0.39, 0.29) is 17.4 Å². The molecule has 1 N–H and O–H groups in total. The van der Waals surface area contributed by atoms with E-state index in [1.165, 1.54) is 5.56 Å². The summed E-state index contributed by atoms with van der Waals surface area (Å²) in [6, 6.07) is 11.6. The summed E-state index contributed by atoms with van der Waals surface area (Å²) >= 11 is 1.70. The first-order chi connectivity index (χ1) is 14.1. The molecule has 2 aromatic rings. The lowest BCUT2D eigenvalue weighted by atomic mass is 9.86. The van der Waals surface area contributed by atoms with Crippen LogP contribution in [0.4, 0.5) is 10.5 Å². The number of para-hydroxylation sites is 1. The second-order valence-electron chi connectivity index (χ2n) is 8.14. The van der Waals surface area contributed by atoms with Gasteiger partial charge in [0.25, 0.3) is 0 Å². The maximum absolute atomic E-state index is 13.0. The molecule has 1 spiro atoms. The number of hydrogen-bond acceptors (Lipinski definition) is 4. The zero-order chi connectivity index (χ0) is 20.3. The molecule has 1 atom stereocenters. The highest BCUT2D eigenvalue weighted by Crippen LogP contribution is 2.35. The standard InChI is InChI=1S/C22H28N4O2S/c1-2-25-16-22(12-20(25)27)15-24(13-18-8-11-29-14-18)9-10-26(17-22)21(28)23-19-6-4-3-5-7-19/h3-8,11,14H,2,9-10,12-13,15-17H2,1H3,(H,23,28)/t22-/m1/s1. The second-order valence-corrected chi connectivity index (χ2v) is 8.92. The first-order valence-electron chi connectivity index (χ1n) is 10.2. The number of likely N-dealkylation sites (tertiary alicyclic amines) is 1. The Hall–Kier alpha value is -2.38. The lowest BCUT2D eigenvalue weighted by Gasteiger charge is -2.33. The average molecular weight is 413 g/mol. The van der Waals surface area contributed by atoms with Gasteiger partial charge in [-0.25, -0.2) is 4.79 Å². The summed E-state index contributed by atoms with van der Waals surface area (Å²) in [7, 11) is 0. The van der Waals surface area contributed by atoms with Crippen molar-refractivity contribution in [2.75, 3.05) is 44.6 Å². The molecular weight excluding hydrogens is 384 g/mol. The van der Waals surface area contributed by atoms with Crippen LogP contribution in [-0.2, 0) is 11.3 Å². The van der Waals surface area contributed by atoms with Crippen LogP contribution in [0.3, 0.4) is 0 Å². The van der Waals surface area contributed by atoms with Gasteiger partial charge in [0.2, 0.25) is 5.91 Å². The molecule has 29 heavy (non-hydrogen) atoms. The lowest BCUT2D eigenvalue weighted by Crippen LogP contribution is -2.45. The van der Waals surface area contributed by atoms with Gasteiger partial charge in [-0.15, -0.1) is 0 Å². The van der Waals surface area contributed by atoms with E-state index in [1.807, 2.05) is 47.1 Å². The maximum atomic E-state index is 13.0. The summed E-state index contributed by atoms with van der Waals surface area (Å²) in [5.74, 6) is 0.202. The molecule has 2 aliphatic heterocycles. The first-order valence-corrected chi connectivity index (χ1v) is 11.1. The maximum Gasteiger partial charge on any atom is 0.321 e. The van der Waals surface area contributed by atoms with Crippen LogP contribution in [-0.4, -0.2) is 65.9 Å². The molecule has 3 amide bonds. The molecule has 0 saturated carbocycles. The predicted octanol–water partition coefficient (Wildman–Crippen LogP) is 3.34. The number of carbonyl (C=O) groups excluding carboxylic acids is 2. The third-order valence-corrected chi connectivity index (χ3v) is 6.59. The average Bonchev–Trinajstić information content (AvgIpc) is 3.28. The third kappa shape index (κ3) is 4.62. The van der Waals surface area contributed by atoms with Gasteiger partial charge in [-0.2, -0.15) is 11.3 Å². The number of benzene rings is 1. The topological polar surface area (TPSA) is 55.9 Å². The molecule has 2 fully saturated rings. The summed E-state index contributed by atoms with van der Waals surface area (Å²) in [4.78, 5) is 31.8. The van der Waals surface area contributed by atoms with Gasteiger partial charge in [-0.3, -0.25) is 9.69 Å². The lowest BCUT2D eigenvalue weighted by molar-refractivity contribution is -0.127. The Kier molecular flexibility index (Phi) is 5.87. The van der Waals surface area contributed by atoms with Crippen LogP contribution in [0.1, 0.15) is 18.9 Å². The fraction of sp³-hybridized carbons (Fsp3) is 0.455. The van der Waals surface area contributed by atoms with Crippen LogP contribution in [0.2, 0.25) is 0 Å². The molecule has 154 valence electrons. The van der Waals surface area contributed by atoms with Crippen LogP contribution in [0.15, 0.2) is 47.2 Å². The summed E-state index contributed by atoms with van der Waals surface area (Å²) in [6.45, 7) is 7.23. The van der Waals surface area contributed by atoms with Crippen LogP contribution in [0.5, 0.6) is 0 Å². The molecular formula is C22H28N4O2S. The number of amides is 3. The monoisotopic (exact) mass is 412 g/mol. The van der Waals surface area contributed by atoms with Gasteiger partial charge in [-0.1, -0.05) is 18.2 Å². The number of thiophene rings is 1. The summed E-state index contributed by atoms with van der Waals surface area (Å²) in [5.41, 5.74) is 1.88. The normalized spacial score (nSPS) is 22.9. The quantitative estimate of drug-likeness (QED) is 0.838. The first kappa shape index (κ1) is 19.9. The van der Waals surface area contributed by atoms with E-state index in [2.05, 4.69) is 27.0 Å². The van der Waals surface area contributed by atoms with E-state index >= 15 is 0 Å². The second kappa shape index (κ2) is 8.55. The molecule has 3 heterocycles. The van der Waals surface area contributed by atoms with Crippen molar-refractivity contribution in [2.24, 2.45) is 5.41 Å². The molecule has 0 unspecified atom stereocenters. The van der Waals surface area contributed by atoms with Gasteiger partial charge < -0.3 is 15.1 Å². The SMILES string of the molecule is CCN1C[C@@]2(CC1=O)CN(Cc1ccsc1)CCN(C(=O)Nc1ccccc1)C2. The van der Waals surface area contributed by atoms with Crippen molar-refractivity contribution < 1.29 is 9.59 Å². The van der Waals surface area contributed by atoms with Crippen molar-refractivity contribution in [3.63, 3.8) is 0 Å². The van der Waals surface area contributed by atoms with E-state index in [0.29, 0.717) is 19.5 Å². The Morgan fingerprint density at radius 1 is 1.14 bits per heavy atom. The highest BCUT2D eigenvalue weighted by atomic mass is 32.1. The van der Waals surface area contributed by atoms with Crippen molar-refractivity contribution in [2.45, 2.75) is 19.9 Å². The van der Waals surface area contributed by atoms with Crippen LogP contribution in [0.25, 0.3) is 0 Å². The minimum Gasteiger partial charge on any atom is -0.342 e. The Balaban J connectivity index is 1.53. The van der Waals surface area contributed by atoms with Crippen LogP contribution < -0.4 is 5.32 Å². The highest BCUT2D eigenvalue weighted by molar-refractivity contribution is 7.07. The summed E-state index contributed by atoms with van der Waals surface area (Å²) < 4.78 is 0. The van der Waals surface area contributed by atoms with Gasteiger partial charge in [0.15, 0.2) is 0 Å². The van der Waals surface area contributed by atoms with Gasteiger partial charge in [-0.05, 0) is 41.4 Å². The van der Waals surface area contributed by atoms with Crippen LogP contribution in [0, 0.1) is 5.41 Å². The number of urea groups is 1. The van der Waals surface area contributed by atoms with Gasteiger partial charge >= 0.3 is 6.03 Å². The zero-order valence-electron chi connectivity index (χ0n) is 16.8. The number of nitrogens with one attached hydrogen (secondary N) is 1. The molecule has 7 heteroatoms. The van der Waals surface area contributed by atoms with E-state index < -0.39 is 0 Å². The minimum absolute atomic E-state index is 0.0876. The fourth-order valence-electron chi connectivity index (χ4n) is 4.50. The molecule has 1 aromatic carbocycles. The molecule has 0 radical (unpaired) electrons. The minimum atomic E-state index is -0.215. The predicted molar refractivity (Wildman–Crippen MR) is 116 cm³/mol. The van der Waals surface area contributed by atoms with Crippen molar-refractivity contribution >= 4 is 29.0 Å². The van der Waals surface area contributed by atoms with Crippen molar-refractivity contribution in [3.05, 3.63) is 52.7 Å².